The van der Waals surface area contributed by atoms with Gasteiger partial charge in [-0.05, 0) is 31.7 Å². The Balaban J connectivity index is 2.55. The molecule has 1 aliphatic heterocycles. The van der Waals surface area contributed by atoms with Crippen molar-refractivity contribution >= 4 is 17.8 Å². The lowest BCUT2D eigenvalue weighted by atomic mass is 9.85. The molecule has 4 N–H and O–H groups in total. The standard InChI is InChI=1S/C14H24N2O5/c1-9(4-6-15)2-3-12(17)16-7-5-10(13(18)19)11(8-16)14(20)21/h9-11H,2-8,15H2,1H3,(H,18,19)(H,20,21). The number of likely N-dealkylation sites (tertiary alicyclic amines) is 1. The van der Waals surface area contributed by atoms with Gasteiger partial charge < -0.3 is 20.8 Å². The van der Waals surface area contributed by atoms with Crippen molar-refractivity contribution in [2.24, 2.45) is 23.5 Å². The van der Waals surface area contributed by atoms with Crippen molar-refractivity contribution < 1.29 is 24.6 Å². The highest BCUT2D eigenvalue weighted by molar-refractivity contribution is 5.82. The van der Waals surface area contributed by atoms with Gasteiger partial charge in [-0.1, -0.05) is 6.92 Å². The summed E-state index contributed by atoms with van der Waals surface area (Å²) in [7, 11) is 0. The highest BCUT2D eigenvalue weighted by Crippen LogP contribution is 2.25. The van der Waals surface area contributed by atoms with Crippen LogP contribution < -0.4 is 5.73 Å². The van der Waals surface area contributed by atoms with Crippen LogP contribution in [0.15, 0.2) is 0 Å². The summed E-state index contributed by atoms with van der Waals surface area (Å²) in [6, 6.07) is 0. The van der Waals surface area contributed by atoms with Crippen LogP contribution in [0.1, 0.15) is 32.6 Å². The zero-order chi connectivity index (χ0) is 16.0. The first-order chi connectivity index (χ1) is 9.86. The Kier molecular flexibility index (Phi) is 6.61. The van der Waals surface area contributed by atoms with Crippen molar-refractivity contribution in [3.63, 3.8) is 0 Å². The van der Waals surface area contributed by atoms with Crippen LogP contribution in [0.2, 0.25) is 0 Å². The molecule has 0 aliphatic carbocycles. The lowest BCUT2D eigenvalue weighted by molar-refractivity contribution is -0.159. The number of carbonyl (C=O) groups excluding carboxylic acids is 1. The van der Waals surface area contributed by atoms with E-state index in [-0.39, 0.29) is 18.9 Å². The summed E-state index contributed by atoms with van der Waals surface area (Å²) in [5.74, 6) is -3.95. The minimum atomic E-state index is -1.16. The zero-order valence-corrected chi connectivity index (χ0v) is 12.3. The molecule has 0 aromatic carbocycles. The first-order valence-electron chi connectivity index (χ1n) is 7.30. The van der Waals surface area contributed by atoms with Crippen molar-refractivity contribution in [2.45, 2.75) is 32.6 Å². The highest BCUT2D eigenvalue weighted by Gasteiger charge is 2.39. The molecule has 0 aromatic rings. The van der Waals surface area contributed by atoms with E-state index in [0.717, 1.165) is 6.42 Å². The summed E-state index contributed by atoms with van der Waals surface area (Å²) in [4.78, 5) is 35.8. The summed E-state index contributed by atoms with van der Waals surface area (Å²) >= 11 is 0. The van der Waals surface area contributed by atoms with Gasteiger partial charge in [0.2, 0.25) is 5.91 Å². The number of carbonyl (C=O) groups is 3. The van der Waals surface area contributed by atoms with E-state index >= 15 is 0 Å². The van der Waals surface area contributed by atoms with Crippen LogP contribution in [0.25, 0.3) is 0 Å². The molecular formula is C14H24N2O5. The molecule has 1 aliphatic rings. The van der Waals surface area contributed by atoms with Crippen LogP contribution in [0, 0.1) is 17.8 Å². The van der Waals surface area contributed by atoms with Crippen LogP contribution in [0.4, 0.5) is 0 Å². The van der Waals surface area contributed by atoms with Gasteiger partial charge in [-0.15, -0.1) is 0 Å². The summed E-state index contributed by atoms with van der Waals surface area (Å²) in [5.41, 5.74) is 5.46. The molecule has 3 atom stereocenters. The van der Waals surface area contributed by atoms with Gasteiger partial charge in [0.15, 0.2) is 0 Å². The molecule has 1 amide bonds. The Morgan fingerprint density at radius 1 is 1.19 bits per heavy atom. The van der Waals surface area contributed by atoms with Crippen LogP contribution in [0.3, 0.4) is 0 Å². The summed E-state index contributed by atoms with van der Waals surface area (Å²) in [6.07, 6.45) is 2.11. The molecular weight excluding hydrogens is 276 g/mol. The number of nitrogens with zero attached hydrogens (tertiary/aromatic N) is 1. The van der Waals surface area contributed by atoms with E-state index in [1.165, 1.54) is 4.90 Å². The fourth-order valence-corrected chi connectivity index (χ4v) is 2.68. The number of rotatable bonds is 7. The monoisotopic (exact) mass is 300 g/mol. The van der Waals surface area contributed by atoms with Gasteiger partial charge in [0.1, 0.15) is 0 Å². The van der Waals surface area contributed by atoms with E-state index in [4.69, 9.17) is 15.9 Å². The molecule has 0 aromatic heterocycles. The molecule has 7 heteroatoms. The minimum absolute atomic E-state index is 0.0175. The average molecular weight is 300 g/mol. The van der Waals surface area contributed by atoms with Gasteiger partial charge in [-0.25, -0.2) is 0 Å². The fourth-order valence-electron chi connectivity index (χ4n) is 2.68. The summed E-state index contributed by atoms with van der Waals surface area (Å²) < 4.78 is 0. The van der Waals surface area contributed by atoms with Gasteiger partial charge in [0.05, 0.1) is 11.8 Å². The van der Waals surface area contributed by atoms with Gasteiger partial charge in [-0.2, -0.15) is 0 Å². The SMILES string of the molecule is CC(CCN)CCC(=O)N1CCC(C(=O)O)C(C(=O)O)C1. The van der Waals surface area contributed by atoms with Gasteiger partial charge >= 0.3 is 11.9 Å². The smallest absolute Gasteiger partial charge is 0.309 e. The second-order valence-electron chi connectivity index (χ2n) is 5.74. The van der Waals surface area contributed by atoms with Crippen molar-refractivity contribution in [1.82, 2.24) is 4.90 Å². The van der Waals surface area contributed by atoms with Gasteiger partial charge in [0, 0.05) is 19.5 Å². The number of aliphatic carboxylic acids is 2. The second-order valence-corrected chi connectivity index (χ2v) is 5.74. The van der Waals surface area contributed by atoms with Crippen LogP contribution in [-0.2, 0) is 14.4 Å². The quantitative estimate of drug-likeness (QED) is 0.625. The third-order valence-electron chi connectivity index (χ3n) is 4.11. The number of carboxylic acid groups (broad SMARTS) is 2. The first-order valence-corrected chi connectivity index (χ1v) is 7.30. The first kappa shape index (κ1) is 17.4. The predicted molar refractivity (Wildman–Crippen MR) is 75.5 cm³/mol. The second kappa shape index (κ2) is 7.97. The molecule has 1 saturated heterocycles. The van der Waals surface area contributed by atoms with E-state index < -0.39 is 23.8 Å². The highest BCUT2D eigenvalue weighted by atomic mass is 16.4. The zero-order valence-electron chi connectivity index (χ0n) is 12.3. The Hall–Kier alpha value is -1.63. The maximum Gasteiger partial charge on any atom is 0.309 e. The number of nitrogens with two attached hydrogens (primary N) is 1. The minimum Gasteiger partial charge on any atom is -0.481 e. The molecule has 21 heavy (non-hydrogen) atoms. The fraction of sp³-hybridized carbons (Fsp3) is 0.786. The normalized spacial score (nSPS) is 23.6. The van der Waals surface area contributed by atoms with Crippen molar-refractivity contribution in [3.8, 4) is 0 Å². The molecule has 0 bridgehead atoms. The molecule has 3 unspecified atom stereocenters. The lowest BCUT2D eigenvalue weighted by Gasteiger charge is -2.34. The molecule has 1 heterocycles. The Labute approximate surface area is 124 Å². The van der Waals surface area contributed by atoms with Crippen molar-refractivity contribution in [3.05, 3.63) is 0 Å². The van der Waals surface area contributed by atoms with Gasteiger partial charge in [-0.3, -0.25) is 14.4 Å². The molecule has 0 spiro atoms. The van der Waals surface area contributed by atoms with E-state index in [1.807, 2.05) is 6.92 Å². The van der Waals surface area contributed by atoms with E-state index in [0.29, 0.717) is 31.8 Å². The van der Waals surface area contributed by atoms with E-state index in [9.17, 15) is 14.4 Å². The third kappa shape index (κ3) is 5.00. The number of carboxylic acids is 2. The molecule has 0 radical (unpaired) electrons. The predicted octanol–water partition coefficient (Wildman–Crippen LogP) is 0.385. The number of hydrogen-bond donors (Lipinski definition) is 3. The lowest BCUT2D eigenvalue weighted by Crippen LogP contribution is -2.48. The maximum absolute atomic E-state index is 12.1. The Bertz CT molecular complexity index is 399. The molecule has 1 rings (SSSR count). The summed E-state index contributed by atoms with van der Waals surface area (Å²) in [6.45, 7) is 2.90. The number of hydrogen-bond acceptors (Lipinski definition) is 4. The van der Waals surface area contributed by atoms with Crippen molar-refractivity contribution in [2.75, 3.05) is 19.6 Å². The number of piperidine rings is 1. The topological polar surface area (TPSA) is 121 Å². The summed E-state index contributed by atoms with van der Waals surface area (Å²) in [5, 5.41) is 18.2. The van der Waals surface area contributed by atoms with Crippen molar-refractivity contribution in [1.29, 1.82) is 0 Å². The molecule has 120 valence electrons. The third-order valence-corrected chi connectivity index (χ3v) is 4.11. The van der Waals surface area contributed by atoms with Gasteiger partial charge in [0.25, 0.3) is 0 Å². The Morgan fingerprint density at radius 3 is 2.33 bits per heavy atom. The molecule has 7 nitrogen and oxygen atoms in total. The van der Waals surface area contributed by atoms with Crippen LogP contribution in [0.5, 0.6) is 0 Å². The number of amides is 1. The van der Waals surface area contributed by atoms with Crippen LogP contribution >= 0.6 is 0 Å². The van der Waals surface area contributed by atoms with Crippen LogP contribution in [-0.4, -0.2) is 52.6 Å². The largest absolute Gasteiger partial charge is 0.481 e. The van der Waals surface area contributed by atoms with E-state index in [1.54, 1.807) is 0 Å². The maximum atomic E-state index is 12.1. The van der Waals surface area contributed by atoms with E-state index in [2.05, 4.69) is 0 Å². The Morgan fingerprint density at radius 2 is 1.81 bits per heavy atom. The average Bonchev–Trinajstić information content (AvgIpc) is 2.44. The molecule has 0 saturated carbocycles. The molecule has 1 fully saturated rings.